The molecular weight excluding hydrogens is 270 g/mol. The van der Waals surface area contributed by atoms with Crippen molar-refractivity contribution < 1.29 is 19.1 Å². The first-order chi connectivity index (χ1) is 10.2. The molecule has 0 aliphatic heterocycles. The summed E-state index contributed by atoms with van der Waals surface area (Å²) in [4.78, 5) is 27.5. The van der Waals surface area contributed by atoms with Crippen LogP contribution in [0.1, 0.15) is 22.8 Å². The van der Waals surface area contributed by atoms with E-state index in [2.05, 4.69) is 4.98 Å². The zero-order valence-corrected chi connectivity index (χ0v) is 11.6. The molecule has 21 heavy (non-hydrogen) atoms. The van der Waals surface area contributed by atoms with Gasteiger partial charge < -0.3 is 9.47 Å². The summed E-state index contributed by atoms with van der Waals surface area (Å²) < 4.78 is 10.2. The second-order valence-corrected chi connectivity index (χ2v) is 4.18. The second kappa shape index (κ2) is 7.19. The third kappa shape index (κ3) is 3.89. The third-order valence-corrected chi connectivity index (χ3v) is 2.69. The Balaban J connectivity index is 2.13. The van der Waals surface area contributed by atoms with Gasteiger partial charge in [0.05, 0.1) is 12.2 Å². The number of hydrogen-bond acceptors (Lipinski definition) is 5. The van der Waals surface area contributed by atoms with Gasteiger partial charge in [-0.3, -0.25) is 4.79 Å². The molecule has 1 aromatic heterocycles. The van der Waals surface area contributed by atoms with Crippen molar-refractivity contribution in [2.75, 3.05) is 6.61 Å². The van der Waals surface area contributed by atoms with Crippen LogP contribution in [0, 0.1) is 0 Å². The lowest BCUT2D eigenvalue weighted by Gasteiger charge is -2.09. The largest absolute Gasteiger partial charge is 0.472 e. The number of ether oxygens (including phenoxy) is 2. The predicted octanol–water partition coefficient (Wildman–Crippen LogP) is 2.41. The Morgan fingerprint density at radius 3 is 2.57 bits per heavy atom. The lowest BCUT2D eigenvalue weighted by Crippen LogP contribution is -2.18. The van der Waals surface area contributed by atoms with Crippen molar-refractivity contribution in [2.45, 2.75) is 13.5 Å². The maximum absolute atomic E-state index is 12.0. The molecule has 0 saturated heterocycles. The first-order valence-electron chi connectivity index (χ1n) is 6.55. The molecular formula is C16H15NO4. The number of benzene rings is 1. The molecule has 0 saturated carbocycles. The Labute approximate surface area is 122 Å². The number of nitrogens with zero attached hydrogens (tertiary/aromatic N) is 1. The molecule has 0 fully saturated rings. The molecule has 5 nitrogen and oxygen atoms in total. The quantitative estimate of drug-likeness (QED) is 0.463. The minimum atomic E-state index is -0.907. The number of Topliss-reactive ketones (excluding diaryl/α,β-unsaturated/α-hetero) is 1. The average molecular weight is 285 g/mol. The molecule has 0 aliphatic carbocycles. The molecule has 108 valence electrons. The molecule has 2 rings (SSSR count). The van der Waals surface area contributed by atoms with Crippen LogP contribution in [0.5, 0.6) is 5.88 Å². The van der Waals surface area contributed by atoms with Gasteiger partial charge in [-0.15, -0.1) is 0 Å². The minimum absolute atomic E-state index is 0.104. The van der Waals surface area contributed by atoms with E-state index in [1.165, 1.54) is 12.3 Å². The molecule has 0 atom stereocenters. The standard InChI is InChI=1S/C16H15NO4/c1-2-20-16(19)14(18)13-9-6-10-17-15(13)21-11-12-7-4-3-5-8-12/h3-10H,2,11H2,1H3. The van der Waals surface area contributed by atoms with Gasteiger partial charge in [0, 0.05) is 6.20 Å². The van der Waals surface area contributed by atoms with Crippen LogP contribution in [0.15, 0.2) is 48.7 Å². The Morgan fingerprint density at radius 2 is 1.86 bits per heavy atom. The van der Waals surface area contributed by atoms with Crippen molar-refractivity contribution in [1.29, 1.82) is 0 Å². The third-order valence-electron chi connectivity index (χ3n) is 2.69. The maximum atomic E-state index is 12.0. The fourth-order valence-electron chi connectivity index (χ4n) is 1.71. The van der Waals surface area contributed by atoms with Gasteiger partial charge in [0.15, 0.2) is 0 Å². The number of aromatic nitrogens is 1. The number of carbonyl (C=O) groups is 2. The van der Waals surface area contributed by atoms with E-state index in [4.69, 9.17) is 9.47 Å². The smallest absolute Gasteiger partial charge is 0.379 e. The molecule has 0 radical (unpaired) electrons. The van der Waals surface area contributed by atoms with E-state index in [1.54, 1.807) is 13.0 Å². The van der Waals surface area contributed by atoms with Crippen LogP contribution < -0.4 is 4.74 Å². The van der Waals surface area contributed by atoms with Gasteiger partial charge in [-0.25, -0.2) is 9.78 Å². The monoisotopic (exact) mass is 285 g/mol. The highest BCUT2D eigenvalue weighted by molar-refractivity contribution is 6.41. The number of rotatable bonds is 6. The zero-order chi connectivity index (χ0) is 15.1. The molecule has 1 aromatic carbocycles. The first-order valence-corrected chi connectivity index (χ1v) is 6.55. The number of pyridine rings is 1. The van der Waals surface area contributed by atoms with Gasteiger partial charge in [0.2, 0.25) is 5.88 Å². The van der Waals surface area contributed by atoms with E-state index in [0.29, 0.717) is 0 Å². The van der Waals surface area contributed by atoms with Crippen LogP contribution in [0.25, 0.3) is 0 Å². The van der Waals surface area contributed by atoms with E-state index in [-0.39, 0.29) is 24.7 Å². The summed E-state index contributed by atoms with van der Waals surface area (Å²) in [5.41, 5.74) is 1.05. The van der Waals surface area contributed by atoms with Gasteiger partial charge in [-0.1, -0.05) is 30.3 Å². The van der Waals surface area contributed by atoms with E-state index in [0.717, 1.165) is 5.56 Å². The highest BCUT2D eigenvalue weighted by atomic mass is 16.5. The Bertz CT molecular complexity index is 625. The summed E-state index contributed by atoms with van der Waals surface area (Å²) in [6.07, 6.45) is 1.50. The highest BCUT2D eigenvalue weighted by Crippen LogP contribution is 2.17. The van der Waals surface area contributed by atoms with Crippen LogP contribution >= 0.6 is 0 Å². The second-order valence-electron chi connectivity index (χ2n) is 4.18. The zero-order valence-electron chi connectivity index (χ0n) is 11.6. The summed E-state index contributed by atoms with van der Waals surface area (Å²) in [6, 6.07) is 12.5. The van der Waals surface area contributed by atoms with E-state index < -0.39 is 11.8 Å². The Morgan fingerprint density at radius 1 is 1.10 bits per heavy atom. The summed E-state index contributed by atoms with van der Waals surface area (Å²) in [5, 5.41) is 0. The number of hydrogen-bond donors (Lipinski definition) is 0. The van der Waals surface area contributed by atoms with Crippen LogP contribution in [0.3, 0.4) is 0 Å². The molecule has 5 heteroatoms. The van der Waals surface area contributed by atoms with Crippen LogP contribution in [0.2, 0.25) is 0 Å². The van der Waals surface area contributed by atoms with E-state index >= 15 is 0 Å². The summed E-state index contributed by atoms with van der Waals surface area (Å²) >= 11 is 0. The Kier molecular flexibility index (Phi) is 5.04. The predicted molar refractivity (Wildman–Crippen MR) is 76.0 cm³/mol. The van der Waals surface area contributed by atoms with Crippen molar-refractivity contribution in [1.82, 2.24) is 4.98 Å². The van der Waals surface area contributed by atoms with Crippen LogP contribution in [0.4, 0.5) is 0 Å². The van der Waals surface area contributed by atoms with Gasteiger partial charge in [-0.2, -0.15) is 0 Å². The Hall–Kier alpha value is -2.69. The maximum Gasteiger partial charge on any atom is 0.379 e. The number of esters is 1. The molecule has 0 aliphatic rings. The normalized spacial score (nSPS) is 9.95. The van der Waals surface area contributed by atoms with Crippen molar-refractivity contribution in [3.05, 3.63) is 59.8 Å². The highest BCUT2D eigenvalue weighted by Gasteiger charge is 2.22. The molecule has 0 N–H and O–H groups in total. The molecule has 1 heterocycles. The van der Waals surface area contributed by atoms with Gasteiger partial charge >= 0.3 is 5.97 Å². The summed E-state index contributed by atoms with van der Waals surface area (Å²) in [6.45, 7) is 2.05. The molecule has 0 bridgehead atoms. The minimum Gasteiger partial charge on any atom is -0.472 e. The number of carbonyl (C=O) groups excluding carboxylic acids is 2. The van der Waals surface area contributed by atoms with Gasteiger partial charge in [0.25, 0.3) is 5.78 Å². The van der Waals surface area contributed by atoms with Gasteiger partial charge in [0.1, 0.15) is 6.61 Å². The van der Waals surface area contributed by atoms with Crippen LogP contribution in [-0.2, 0) is 16.1 Å². The molecule has 2 aromatic rings. The van der Waals surface area contributed by atoms with Crippen molar-refractivity contribution in [3.8, 4) is 5.88 Å². The lowest BCUT2D eigenvalue weighted by atomic mass is 10.2. The van der Waals surface area contributed by atoms with Gasteiger partial charge in [-0.05, 0) is 24.6 Å². The molecule has 0 unspecified atom stereocenters. The SMILES string of the molecule is CCOC(=O)C(=O)c1cccnc1OCc1ccccc1. The fraction of sp³-hybridized carbons (Fsp3) is 0.188. The summed E-state index contributed by atoms with van der Waals surface area (Å²) in [7, 11) is 0. The number of ketones is 1. The van der Waals surface area contributed by atoms with Crippen molar-refractivity contribution in [3.63, 3.8) is 0 Å². The van der Waals surface area contributed by atoms with Crippen molar-refractivity contribution >= 4 is 11.8 Å². The first kappa shape index (κ1) is 14.7. The average Bonchev–Trinajstić information content (AvgIpc) is 2.54. The lowest BCUT2D eigenvalue weighted by molar-refractivity contribution is -0.137. The topological polar surface area (TPSA) is 65.5 Å². The van der Waals surface area contributed by atoms with E-state index in [1.807, 2.05) is 30.3 Å². The summed E-state index contributed by atoms with van der Waals surface area (Å²) in [5.74, 6) is -1.54. The van der Waals surface area contributed by atoms with E-state index in [9.17, 15) is 9.59 Å². The molecule has 0 amide bonds. The van der Waals surface area contributed by atoms with Crippen LogP contribution in [-0.4, -0.2) is 23.3 Å². The van der Waals surface area contributed by atoms with Crippen molar-refractivity contribution in [2.24, 2.45) is 0 Å². The fourth-order valence-corrected chi connectivity index (χ4v) is 1.71. The molecule has 0 spiro atoms.